The topological polar surface area (TPSA) is 65.0 Å². The molecule has 0 spiro atoms. The number of carbonyl (C=O) groups is 2. The van der Waals surface area contributed by atoms with Gasteiger partial charge in [0.15, 0.2) is 5.78 Å². The maximum Gasteiger partial charge on any atom is 0.315 e. The number of aliphatic imine (C=N–C) groups is 1. The van der Waals surface area contributed by atoms with Crippen LogP contribution in [0.5, 0.6) is 5.75 Å². The van der Waals surface area contributed by atoms with Gasteiger partial charge in [-0.3, -0.25) is 14.6 Å². The molecule has 4 rings (SSSR count). The Morgan fingerprint density at radius 2 is 1.82 bits per heavy atom. The number of esters is 1. The summed E-state index contributed by atoms with van der Waals surface area (Å²) in [5.41, 5.74) is 4.09. The van der Waals surface area contributed by atoms with Crippen molar-refractivity contribution in [1.29, 1.82) is 0 Å². The summed E-state index contributed by atoms with van der Waals surface area (Å²) in [7, 11) is 1.61. The minimum atomic E-state index is -0.649. The quantitative estimate of drug-likeness (QED) is 0.464. The van der Waals surface area contributed by atoms with Gasteiger partial charge in [-0.15, -0.1) is 0 Å². The highest BCUT2D eigenvalue weighted by Crippen LogP contribution is 2.47. The number of carbonyl (C=O) groups excluding carboxylic acids is 2. The van der Waals surface area contributed by atoms with E-state index in [4.69, 9.17) is 14.5 Å². The molecule has 2 aromatic rings. The first-order chi connectivity index (χ1) is 15.8. The highest BCUT2D eigenvalue weighted by molar-refractivity contribution is 9.10. The minimum Gasteiger partial charge on any atom is -0.496 e. The third-order valence-electron chi connectivity index (χ3n) is 6.30. The Morgan fingerprint density at radius 1 is 1.09 bits per heavy atom. The Bertz CT molecular complexity index is 1140. The summed E-state index contributed by atoms with van der Waals surface area (Å²) >= 11 is 3.56. The van der Waals surface area contributed by atoms with E-state index in [9.17, 15) is 9.59 Å². The molecule has 1 heterocycles. The fourth-order valence-corrected chi connectivity index (χ4v) is 5.43. The lowest BCUT2D eigenvalue weighted by atomic mass is 9.69. The third-order valence-corrected chi connectivity index (χ3v) is 6.92. The van der Waals surface area contributed by atoms with Gasteiger partial charge in [0.1, 0.15) is 11.7 Å². The standard InChI is InChI=1S/C27H28BrNO4/c1-15(2)33-27(31)24-16(3)29-21-13-19(17-8-6-5-7-9-17)14-22(30)26(21)25(24)18-10-11-23(32-4)20(28)12-18/h5-12,15,19,24-25H,13-14H2,1-4H3/t19-,24?,25+/m0/s1. The summed E-state index contributed by atoms with van der Waals surface area (Å²) in [5.74, 6) is -0.641. The second-order valence-corrected chi connectivity index (χ2v) is 9.74. The summed E-state index contributed by atoms with van der Waals surface area (Å²) in [5, 5.41) is 0. The largest absolute Gasteiger partial charge is 0.496 e. The van der Waals surface area contributed by atoms with Crippen LogP contribution < -0.4 is 4.74 Å². The molecule has 33 heavy (non-hydrogen) atoms. The van der Waals surface area contributed by atoms with Gasteiger partial charge in [-0.1, -0.05) is 36.4 Å². The van der Waals surface area contributed by atoms with Crippen molar-refractivity contribution >= 4 is 33.4 Å². The van der Waals surface area contributed by atoms with E-state index in [-0.39, 0.29) is 23.8 Å². The second-order valence-electron chi connectivity index (χ2n) is 8.89. The number of hydrogen-bond donors (Lipinski definition) is 0. The SMILES string of the molecule is COc1ccc([C@H]2C3=C(C[C@H](c4ccccc4)CC3=O)N=C(C)C2C(=O)OC(C)C)cc1Br. The Hall–Kier alpha value is -2.73. The van der Waals surface area contributed by atoms with Crippen molar-refractivity contribution in [2.45, 2.75) is 51.6 Å². The van der Waals surface area contributed by atoms with Crippen LogP contribution in [0.2, 0.25) is 0 Å². The zero-order valence-corrected chi connectivity index (χ0v) is 20.9. The number of methoxy groups -OCH3 is 1. The monoisotopic (exact) mass is 509 g/mol. The number of benzene rings is 2. The highest BCUT2D eigenvalue weighted by atomic mass is 79.9. The molecule has 2 aliphatic rings. The van der Waals surface area contributed by atoms with Crippen molar-refractivity contribution in [1.82, 2.24) is 0 Å². The second kappa shape index (κ2) is 9.64. The Balaban J connectivity index is 1.82. The first kappa shape index (κ1) is 23.4. The molecule has 0 N–H and O–H groups in total. The molecular formula is C27H28BrNO4. The van der Waals surface area contributed by atoms with E-state index in [2.05, 4.69) is 28.1 Å². The molecule has 0 aromatic heterocycles. The van der Waals surface area contributed by atoms with E-state index < -0.39 is 11.8 Å². The van der Waals surface area contributed by atoms with Crippen molar-refractivity contribution in [3.05, 3.63) is 75.4 Å². The number of rotatable bonds is 5. The lowest BCUT2D eigenvalue weighted by Crippen LogP contribution is -2.38. The number of Topliss-reactive ketones (excluding diaryl/α,β-unsaturated/α-hetero) is 1. The number of nitrogens with zero attached hydrogens (tertiary/aromatic N) is 1. The Kier molecular flexibility index (Phi) is 6.84. The van der Waals surface area contributed by atoms with Crippen molar-refractivity contribution in [3.8, 4) is 5.75 Å². The number of halogens is 1. The van der Waals surface area contributed by atoms with Crippen LogP contribution in [0.3, 0.4) is 0 Å². The van der Waals surface area contributed by atoms with Crippen LogP contribution in [-0.4, -0.2) is 30.7 Å². The third kappa shape index (κ3) is 4.67. The fourth-order valence-electron chi connectivity index (χ4n) is 4.87. The molecule has 0 saturated heterocycles. The summed E-state index contributed by atoms with van der Waals surface area (Å²) in [6.45, 7) is 5.51. The molecule has 172 valence electrons. The fraction of sp³-hybridized carbons (Fsp3) is 0.370. The average Bonchev–Trinajstić information content (AvgIpc) is 2.78. The smallest absolute Gasteiger partial charge is 0.315 e. The van der Waals surface area contributed by atoms with Crippen LogP contribution in [0.15, 0.2) is 69.3 Å². The average molecular weight is 510 g/mol. The van der Waals surface area contributed by atoms with Gasteiger partial charge in [0.05, 0.1) is 17.7 Å². The van der Waals surface area contributed by atoms with Crippen molar-refractivity contribution in [3.63, 3.8) is 0 Å². The Labute approximate surface area is 203 Å². The van der Waals surface area contributed by atoms with Crippen molar-refractivity contribution < 1.29 is 19.1 Å². The van der Waals surface area contributed by atoms with Crippen LogP contribution in [0.25, 0.3) is 0 Å². The van der Waals surface area contributed by atoms with Gasteiger partial charge in [-0.05, 0) is 72.3 Å². The number of ketones is 1. The molecule has 0 amide bonds. The van der Waals surface area contributed by atoms with Crippen molar-refractivity contribution in [2.75, 3.05) is 7.11 Å². The summed E-state index contributed by atoms with van der Waals surface area (Å²) in [4.78, 5) is 31.6. The minimum absolute atomic E-state index is 0.0423. The van der Waals surface area contributed by atoms with Crippen LogP contribution in [0.1, 0.15) is 56.6 Å². The first-order valence-corrected chi connectivity index (χ1v) is 12.0. The molecule has 0 fully saturated rings. The number of allylic oxidation sites excluding steroid dienone is 2. The molecule has 5 nitrogen and oxygen atoms in total. The molecule has 0 bridgehead atoms. The Morgan fingerprint density at radius 3 is 2.45 bits per heavy atom. The van der Waals surface area contributed by atoms with Gasteiger partial charge in [-0.25, -0.2) is 0 Å². The van der Waals surface area contributed by atoms with Gasteiger partial charge in [0.25, 0.3) is 0 Å². The van der Waals surface area contributed by atoms with Gasteiger partial charge in [0, 0.05) is 29.3 Å². The maximum absolute atomic E-state index is 13.6. The normalized spacial score (nSPS) is 22.7. The zero-order chi connectivity index (χ0) is 23.7. The van der Waals surface area contributed by atoms with Gasteiger partial charge < -0.3 is 9.47 Å². The van der Waals surface area contributed by atoms with Crippen LogP contribution in [0, 0.1) is 5.92 Å². The summed E-state index contributed by atoms with van der Waals surface area (Å²) in [6, 6.07) is 15.8. The van der Waals surface area contributed by atoms with E-state index >= 15 is 0 Å². The van der Waals surface area contributed by atoms with Crippen molar-refractivity contribution in [2.24, 2.45) is 10.9 Å². The molecule has 6 heteroatoms. The van der Waals surface area contributed by atoms with E-state index in [1.54, 1.807) is 7.11 Å². The van der Waals surface area contributed by atoms with E-state index in [0.717, 1.165) is 21.3 Å². The molecule has 3 atom stereocenters. The predicted octanol–water partition coefficient (Wildman–Crippen LogP) is 5.98. The van der Waals surface area contributed by atoms with E-state index in [1.165, 1.54) is 0 Å². The molecule has 1 aliphatic heterocycles. The number of hydrogen-bond acceptors (Lipinski definition) is 5. The van der Waals surface area contributed by atoms with Crippen LogP contribution in [0.4, 0.5) is 0 Å². The van der Waals surface area contributed by atoms with Crippen LogP contribution >= 0.6 is 15.9 Å². The number of ether oxygens (including phenoxy) is 2. The van der Waals surface area contributed by atoms with E-state index in [1.807, 2.05) is 57.2 Å². The zero-order valence-electron chi connectivity index (χ0n) is 19.3. The highest BCUT2D eigenvalue weighted by Gasteiger charge is 2.45. The molecule has 0 saturated carbocycles. The first-order valence-electron chi connectivity index (χ1n) is 11.2. The molecule has 1 aliphatic carbocycles. The molecule has 1 unspecified atom stereocenters. The van der Waals surface area contributed by atoms with Gasteiger partial charge >= 0.3 is 5.97 Å². The molecular weight excluding hydrogens is 482 g/mol. The lowest BCUT2D eigenvalue weighted by Gasteiger charge is -2.37. The molecule has 2 aromatic carbocycles. The lowest BCUT2D eigenvalue weighted by molar-refractivity contribution is -0.150. The van der Waals surface area contributed by atoms with E-state index in [0.29, 0.717) is 29.9 Å². The predicted molar refractivity (Wildman–Crippen MR) is 132 cm³/mol. The summed E-state index contributed by atoms with van der Waals surface area (Å²) in [6.07, 6.45) is 0.813. The van der Waals surface area contributed by atoms with Gasteiger partial charge in [0.2, 0.25) is 0 Å². The van der Waals surface area contributed by atoms with Crippen LogP contribution in [-0.2, 0) is 14.3 Å². The van der Waals surface area contributed by atoms with Gasteiger partial charge in [-0.2, -0.15) is 0 Å². The summed E-state index contributed by atoms with van der Waals surface area (Å²) < 4.78 is 11.8. The molecule has 0 radical (unpaired) electrons. The maximum atomic E-state index is 13.6.